The lowest BCUT2D eigenvalue weighted by Crippen LogP contribution is -2.51. The zero-order chi connectivity index (χ0) is 18.9. The Balaban J connectivity index is 1.52. The Bertz CT molecular complexity index is 1270. The Morgan fingerprint density at radius 3 is 2.10 bits per heavy atom. The number of benzene rings is 3. The highest BCUT2D eigenvalue weighted by Gasteiger charge is 2.49. The highest BCUT2D eigenvalue weighted by molar-refractivity contribution is 6.08. The van der Waals surface area contributed by atoms with Crippen LogP contribution in [0, 0.1) is 0 Å². The first-order valence-electron chi connectivity index (χ1n) is 10.6. The second kappa shape index (κ2) is 5.64. The van der Waals surface area contributed by atoms with Gasteiger partial charge in [0.2, 0.25) is 0 Å². The third-order valence-corrected chi connectivity index (χ3v) is 7.29. The van der Waals surface area contributed by atoms with E-state index in [2.05, 4.69) is 107 Å². The highest BCUT2D eigenvalue weighted by atomic mass is 15.2. The molecular weight excluding hydrogens is 352 g/mol. The van der Waals surface area contributed by atoms with Crippen LogP contribution in [0.5, 0.6) is 0 Å². The fraction of sp³-hybridized carbons (Fsp3) is 0.185. The molecule has 0 amide bonds. The number of para-hydroxylation sites is 2. The van der Waals surface area contributed by atoms with Crippen LogP contribution in [0.1, 0.15) is 35.5 Å². The summed E-state index contributed by atoms with van der Waals surface area (Å²) in [6, 6.07) is 28.3. The smallest absolute Gasteiger partial charge is 0.0566 e. The van der Waals surface area contributed by atoms with Gasteiger partial charge < -0.3 is 9.47 Å². The van der Waals surface area contributed by atoms with Crippen molar-refractivity contribution in [3.8, 4) is 0 Å². The lowest BCUT2D eigenvalue weighted by Gasteiger charge is -2.55. The molecule has 2 heteroatoms. The minimum Gasteiger partial charge on any atom is -0.363 e. The normalized spacial score (nSPS) is 26.8. The molecule has 0 spiro atoms. The number of hydrogen-bond acceptors (Lipinski definition) is 1. The predicted octanol–water partition coefficient (Wildman–Crippen LogP) is 6.33. The second-order valence-corrected chi connectivity index (χ2v) is 8.54. The van der Waals surface area contributed by atoms with Gasteiger partial charge in [0, 0.05) is 40.0 Å². The zero-order valence-corrected chi connectivity index (χ0v) is 16.1. The van der Waals surface area contributed by atoms with Crippen molar-refractivity contribution in [2.24, 2.45) is 0 Å². The van der Waals surface area contributed by atoms with Crippen molar-refractivity contribution in [3.05, 3.63) is 108 Å². The number of fused-ring (bicyclic) bond motifs is 4. The minimum absolute atomic E-state index is 0.429. The molecule has 29 heavy (non-hydrogen) atoms. The Kier molecular flexibility index (Phi) is 3.04. The first kappa shape index (κ1) is 15.6. The minimum atomic E-state index is 0.429. The summed E-state index contributed by atoms with van der Waals surface area (Å²) in [6.07, 6.45) is 10.3. The van der Waals surface area contributed by atoms with Crippen molar-refractivity contribution in [3.63, 3.8) is 0 Å². The van der Waals surface area contributed by atoms with Gasteiger partial charge in [0.1, 0.15) is 0 Å². The molecular formula is C27H22N2. The first-order chi connectivity index (χ1) is 14.4. The van der Waals surface area contributed by atoms with Crippen molar-refractivity contribution >= 4 is 21.8 Å². The molecule has 0 N–H and O–H groups in total. The van der Waals surface area contributed by atoms with Crippen molar-refractivity contribution in [2.45, 2.75) is 30.5 Å². The molecule has 1 aromatic heterocycles. The molecule has 3 aromatic carbocycles. The van der Waals surface area contributed by atoms with Crippen molar-refractivity contribution < 1.29 is 0 Å². The first-order valence-corrected chi connectivity index (χ1v) is 10.6. The van der Waals surface area contributed by atoms with E-state index >= 15 is 0 Å². The third-order valence-electron chi connectivity index (χ3n) is 7.29. The Morgan fingerprint density at radius 1 is 0.690 bits per heavy atom. The summed E-state index contributed by atoms with van der Waals surface area (Å²) in [5.74, 6) is 0.455. The van der Waals surface area contributed by atoms with Gasteiger partial charge in [-0.2, -0.15) is 0 Å². The predicted molar refractivity (Wildman–Crippen MR) is 119 cm³/mol. The fourth-order valence-electron chi connectivity index (χ4n) is 6.24. The van der Waals surface area contributed by atoms with Gasteiger partial charge in [-0.05, 0) is 35.8 Å². The molecule has 8 rings (SSSR count). The summed E-state index contributed by atoms with van der Waals surface area (Å²) in [5.41, 5.74) is 5.79. The van der Waals surface area contributed by atoms with Gasteiger partial charge in [-0.15, -0.1) is 0 Å². The summed E-state index contributed by atoms with van der Waals surface area (Å²) in [4.78, 5) is 2.59. The van der Waals surface area contributed by atoms with Crippen molar-refractivity contribution in [2.75, 3.05) is 0 Å². The Labute approximate surface area is 170 Å². The van der Waals surface area contributed by atoms with E-state index in [1.165, 1.54) is 32.9 Å². The maximum absolute atomic E-state index is 2.65. The number of hydrogen-bond donors (Lipinski definition) is 0. The van der Waals surface area contributed by atoms with Gasteiger partial charge in [0.05, 0.1) is 12.1 Å². The summed E-state index contributed by atoms with van der Waals surface area (Å²) in [7, 11) is 0. The third kappa shape index (κ3) is 1.96. The van der Waals surface area contributed by atoms with E-state index in [4.69, 9.17) is 0 Å². The van der Waals surface area contributed by atoms with Crippen LogP contribution >= 0.6 is 0 Å². The fourth-order valence-corrected chi connectivity index (χ4v) is 6.24. The molecule has 4 aromatic rings. The van der Waals surface area contributed by atoms with Crippen LogP contribution in [-0.4, -0.2) is 15.5 Å². The topological polar surface area (TPSA) is 8.17 Å². The quantitative estimate of drug-likeness (QED) is 0.378. The van der Waals surface area contributed by atoms with Crippen LogP contribution in [0.3, 0.4) is 0 Å². The molecule has 4 atom stereocenters. The van der Waals surface area contributed by atoms with E-state index in [0.29, 0.717) is 24.0 Å². The molecule has 2 bridgehead atoms. The average molecular weight is 374 g/mol. The molecule has 0 radical (unpaired) electrons. The summed E-state index contributed by atoms with van der Waals surface area (Å²) < 4.78 is 2.65. The molecule has 4 heterocycles. The van der Waals surface area contributed by atoms with Crippen LogP contribution in [-0.2, 0) is 0 Å². The molecule has 4 unspecified atom stereocenters. The molecule has 1 aliphatic carbocycles. The molecule has 140 valence electrons. The van der Waals surface area contributed by atoms with E-state index in [1.54, 1.807) is 0 Å². The van der Waals surface area contributed by atoms with Crippen LogP contribution in [0.25, 0.3) is 21.8 Å². The van der Waals surface area contributed by atoms with E-state index in [-0.39, 0.29) is 0 Å². The van der Waals surface area contributed by atoms with Gasteiger partial charge in [-0.1, -0.05) is 72.8 Å². The Morgan fingerprint density at radius 2 is 1.34 bits per heavy atom. The summed E-state index contributed by atoms with van der Waals surface area (Å²) in [5, 5.41) is 2.74. The van der Waals surface area contributed by atoms with E-state index < -0.39 is 0 Å². The lowest BCUT2D eigenvalue weighted by atomic mass is 9.67. The molecule has 0 saturated carbocycles. The maximum atomic E-state index is 2.65. The maximum Gasteiger partial charge on any atom is 0.0566 e. The molecule has 1 fully saturated rings. The Hall–Kier alpha value is -3.26. The molecule has 3 aliphatic heterocycles. The van der Waals surface area contributed by atoms with Gasteiger partial charge in [-0.3, -0.25) is 0 Å². The second-order valence-electron chi connectivity index (χ2n) is 8.54. The number of nitrogens with zero attached hydrogens (tertiary/aromatic N) is 2. The van der Waals surface area contributed by atoms with Crippen LogP contribution < -0.4 is 0 Å². The number of aromatic nitrogens is 1. The van der Waals surface area contributed by atoms with Gasteiger partial charge in [-0.25, -0.2) is 0 Å². The average Bonchev–Trinajstić information content (AvgIpc) is 3.13. The van der Waals surface area contributed by atoms with Gasteiger partial charge >= 0.3 is 0 Å². The summed E-state index contributed by atoms with van der Waals surface area (Å²) in [6.45, 7) is 0. The largest absolute Gasteiger partial charge is 0.363 e. The lowest BCUT2D eigenvalue weighted by molar-refractivity contribution is 0.0828. The monoisotopic (exact) mass is 374 g/mol. The zero-order valence-electron chi connectivity index (χ0n) is 16.1. The van der Waals surface area contributed by atoms with Crippen molar-refractivity contribution in [1.29, 1.82) is 0 Å². The SMILES string of the molecule is C1=CC2C3c4ccccc4C(CC3n3c4ccccc4c4ccccc43)N2C=C1. The number of piperidine rings is 1. The molecule has 1 saturated heterocycles. The summed E-state index contributed by atoms with van der Waals surface area (Å²) >= 11 is 0. The van der Waals surface area contributed by atoms with E-state index in [9.17, 15) is 0 Å². The van der Waals surface area contributed by atoms with Gasteiger partial charge in [0.15, 0.2) is 0 Å². The van der Waals surface area contributed by atoms with E-state index in [0.717, 1.165) is 6.42 Å². The van der Waals surface area contributed by atoms with Crippen LogP contribution in [0.2, 0.25) is 0 Å². The highest BCUT2D eigenvalue weighted by Crippen LogP contribution is 2.57. The van der Waals surface area contributed by atoms with Crippen LogP contribution in [0.15, 0.2) is 97.2 Å². The standard InChI is InChI=1S/C27H22N2/c1-2-12-21-20(11-1)25-17-26(27(21)24-15-7-8-16-28(24)25)29-22-13-5-3-9-18(22)19-10-4-6-14-23(19)29/h1-16,24-27H,17H2. The number of allylic oxidation sites excluding steroid dienone is 2. The van der Waals surface area contributed by atoms with Crippen LogP contribution in [0.4, 0.5) is 0 Å². The molecule has 4 aliphatic rings. The van der Waals surface area contributed by atoms with Crippen molar-refractivity contribution in [1.82, 2.24) is 9.47 Å². The van der Waals surface area contributed by atoms with E-state index in [1.807, 2.05) is 0 Å². The van der Waals surface area contributed by atoms with Gasteiger partial charge in [0.25, 0.3) is 0 Å². The molecule has 2 nitrogen and oxygen atoms in total. The number of rotatable bonds is 1.